The first-order chi connectivity index (χ1) is 7.41. The molecule has 0 aliphatic carbocycles. The molecule has 4 nitrogen and oxygen atoms in total. The summed E-state index contributed by atoms with van der Waals surface area (Å²) >= 11 is 5.70. The predicted octanol–water partition coefficient (Wildman–Crippen LogP) is 2.14. The van der Waals surface area contributed by atoms with Gasteiger partial charge in [0, 0.05) is 22.9 Å². The molecule has 3 N–H and O–H groups in total. The van der Waals surface area contributed by atoms with E-state index >= 15 is 0 Å². The van der Waals surface area contributed by atoms with E-state index in [0.29, 0.717) is 0 Å². The molecule has 1 atom stereocenters. The highest BCUT2D eigenvalue weighted by Crippen LogP contribution is 2.31. The number of rotatable bonds is 3. The summed E-state index contributed by atoms with van der Waals surface area (Å²) in [6.07, 6.45) is 0.437. The van der Waals surface area contributed by atoms with Crippen molar-refractivity contribution < 1.29 is 15.3 Å². The maximum absolute atomic E-state index is 9.49. The molecule has 0 aromatic heterocycles. The summed E-state index contributed by atoms with van der Waals surface area (Å²) < 4.78 is 0. The Bertz CT molecular complexity index is 404. The van der Waals surface area contributed by atoms with Crippen LogP contribution >= 0.6 is 11.6 Å². The minimum Gasteiger partial charge on any atom is -0.504 e. The van der Waals surface area contributed by atoms with Crippen molar-refractivity contribution in [3.63, 3.8) is 0 Å². The molecular weight excluding hydrogens is 230 g/mol. The molecule has 0 saturated heterocycles. The maximum Gasteiger partial charge on any atom is 0.166 e. The van der Waals surface area contributed by atoms with E-state index in [0.717, 1.165) is 0 Å². The number of nitrogens with zero attached hydrogens (tertiary/aromatic N) is 1. The van der Waals surface area contributed by atoms with Gasteiger partial charge in [0.05, 0.1) is 0 Å². The highest BCUT2D eigenvalue weighted by molar-refractivity contribution is 6.31. The van der Waals surface area contributed by atoms with Crippen molar-refractivity contribution in [3.8, 4) is 11.5 Å². The molecule has 5 heteroatoms. The molecule has 0 spiro atoms. The smallest absolute Gasteiger partial charge is 0.166 e. The quantitative estimate of drug-likeness (QED) is 0.563. The summed E-state index contributed by atoms with van der Waals surface area (Å²) in [4.78, 5) is 3.84. The molecule has 88 valence electrons. The van der Waals surface area contributed by atoms with Crippen molar-refractivity contribution in [3.05, 3.63) is 22.7 Å². The van der Waals surface area contributed by atoms with E-state index in [2.05, 4.69) is 4.99 Å². The van der Waals surface area contributed by atoms with Crippen LogP contribution in [0, 0.1) is 5.92 Å². The molecule has 1 aromatic rings. The van der Waals surface area contributed by atoms with Gasteiger partial charge in [0.2, 0.25) is 0 Å². The summed E-state index contributed by atoms with van der Waals surface area (Å²) in [5.74, 6) is -0.636. The molecule has 1 aromatic carbocycles. The number of halogens is 1. The van der Waals surface area contributed by atoms with E-state index in [4.69, 9.17) is 11.6 Å². The number of phenols is 2. The fraction of sp³-hybridized carbons (Fsp3) is 0.364. The van der Waals surface area contributed by atoms with Gasteiger partial charge in [-0.2, -0.15) is 0 Å². The van der Waals surface area contributed by atoms with Crippen LogP contribution in [-0.2, 0) is 0 Å². The summed E-state index contributed by atoms with van der Waals surface area (Å²) in [7, 11) is 0. The fourth-order valence-electron chi connectivity index (χ4n) is 1.03. The summed E-state index contributed by atoms with van der Waals surface area (Å²) in [5, 5.41) is 28.5. The van der Waals surface area contributed by atoms with Gasteiger partial charge in [-0.15, -0.1) is 0 Å². The minimum atomic E-state index is -0.847. The number of hydrogen-bond acceptors (Lipinski definition) is 4. The minimum absolute atomic E-state index is 0.0221. The maximum atomic E-state index is 9.49. The summed E-state index contributed by atoms with van der Waals surface area (Å²) in [6.45, 7) is 3.63. The van der Waals surface area contributed by atoms with Gasteiger partial charge < -0.3 is 15.3 Å². The molecule has 0 saturated carbocycles. The lowest BCUT2D eigenvalue weighted by Gasteiger charge is -2.08. The van der Waals surface area contributed by atoms with E-state index < -0.39 is 6.23 Å². The third kappa shape index (κ3) is 3.12. The molecule has 0 aliphatic rings. The number of phenolic OH excluding ortho intramolecular Hbond substituents is 2. The Morgan fingerprint density at radius 3 is 2.50 bits per heavy atom. The second kappa shape index (κ2) is 5.18. The van der Waals surface area contributed by atoms with E-state index in [-0.39, 0.29) is 28.0 Å². The van der Waals surface area contributed by atoms with Crippen LogP contribution in [0.5, 0.6) is 11.5 Å². The van der Waals surface area contributed by atoms with Crippen molar-refractivity contribution in [2.45, 2.75) is 20.1 Å². The zero-order valence-electron chi connectivity index (χ0n) is 9.05. The summed E-state index contributed by atoms with van der Waals surface area (Å²) in [6, 6.07) is 2.68. The number of hydrogen-bond donors (Lipinski definition) is 3. The SMILES string of the molecule is CC(C)C(O)N=Cc1cc(Cl)cc(O)c1O. The predicted molar refractivity (Wildman–Crippen MR) is 63.2 cm³/mol. The second-order valence-electron chi connectivity index (χ2n) is 3.80. The van der Waals surface area contributed by atoms with Crippen LogP contribution in [-0.4, -0.2) is 27.8 Å². The van der Waals surface area contributed by atoms with Crippen LogP contribution in [0.25, 0.3) is 0 Å². The van der Waals surface area contributed by atoms with Crippen molar-refractivity contribution in [2.24, 2.45) is 10.9 Å². The normalized spacial score (nSPS) is 13.6. The van der Waals surface area contributed by atoms with Crippen molar-refractivity contribution >= 4 is 17.8 Å². The van der Waals surface area contributed by atoms with E-state index in [1.54, 1.807) is 0 Å². The first-order valence-electron chi connectivity index (χ1n) is 4.84. The Labute approximate surface area is 98.8 Å². The van der Waals surface area contributed by atoms with Gasteiger partial charge in [0.1, 0.15) is 6.23 Å². The molecule has 0 fully saturated rings. The zero-order chi connectivity index (χ0) is 12.3. The number of benzene rings is 1. The first-order valence-corrected chi connectivity index (χ1v) is 5.22. The van der Waals surface area contributed by atoms with Gasteiger partial charge in [-0.3, -0.25) is 4.99 Å². The Hall–Kier alpha value is -1.26. The standard InChI is InChI=1S/C11H14ClNO3/c1-6(2)11(16)13-5-7-3-8(12)4-9(14)10(7)15/h3-6,11,14-16H,1-2H3. The van der Waals surface area contributed by atoms with Gasteiger partial charge in [-0.25, -0.2) is 0 Å². The molecular formula is C11H14ClNO3. The molecule has 0 radical (unpaired) electrons. The highest BCUT2D eigenvalue weighted by atomic mass is 35.5. The average Bonchev–Trinajstić information content (AvgIpc) is 2.20. The van der Waals surface area contributed by atoms with E-state index in [1.165, 1.54) is 18.3 Å². The van der Waals surface area contributed by atoms with Gasteiger partial charge >= 0.3 is 0 Å². The highest BCUT2D eigenvalue weighted by Gasteiger charge is 2.09. The van der Waals surface area contributed by atoms with Gasteiger partial charge in [0.15, 0.2) is 11.5 Å². The van der Waals surface area contributed by atoms with Crippen LogP contribution < -0.4 is 0 Å². The van der Waals surface area contributed by atoms with Gasteiger partial charge in [0.25, 0.3) is 0 Å². The van der Waals surface area contributed by atoms with Crippen LogP contribution in [0.1, 0.15) is 19.4 Å². The molecule has 0 heterocycles. The number of aromatic hydroxyl groups is 2. The third-order valence-corrected chi connectivity index (χ3v) is 2.26. The molecule has 16 heavy (non-hydrogen) atoms. The van der Waals surface area contributed by atoms with Crippen molar-refractivity contribution in [2.75, 3.05) is 0 Å². The van der Waals surface area contributed by atoms with Crippen LogP contribution in [0.15, 0.2) is 17.1 Å². The Kier molecular flexibility index (Phi) is 4.15. The largest absolute Gasteiger partial charge is 0.504 e. The monoisotopic (exact) mass is 243 g/mol. The average molecular weight is 244 g/mol. The molecule has 1 unspecified atom stereocenters. The van der Waals surface area contributed by atoms with Gasteiger partial charge in [-0.05, 0) is 12.0 Å². The number of aliphatic imine (C=N–C) groups is 1. The van der Waals surface area contributed by atoms with Crippen LogP contribution in [0.4, 0.5) is 0 Å². The topological polar surface area (TPSA) is 73.1 Å². The number of aliphatic hydroxyl groups is 1. The first kappa shape index (κ1) is 12.8. The fourth-order valence-corrected chi connectivity index (χ4v) is 1.25. The molecule has 0 aliphatic heterocycles. The Morgan fingerprint density at radius 2 is 1.94 bits per heavy atom. The van der Waals surface area contributed by atoms with Crippen molar-refractivity contribution in [1.82, 2.24) is 0 Å². The zero-order valence-corrected chi connectivity index (χ0v) is 9.81. The Morgan fingerprint density at radius 1 is 1.31 bits per heavy atom. The second-order valence-corrected chi connectivity index (χ2v) is 4.23. The van der Waals surface area contributed by atoms with Crippen molar-refractivity contribution in [1.29, 1.82) is 0 Å². The third-order valence-electron chi connectivity index (χ3n) is 2.05. The van der Waals surface area contributed by atoms with E-state index in [1.807, 2.05) is 13.8 Å². The Balaban J connectivity index is 2.97. The molecule has 0 bridgehead atoms. The lowest BCUT2D eigenvalue weighted by molar-refractivity contribution is 0.135. The molecule has 1 rings (SSSR count). The van der Waals surface area contributed by atoms with Crippen LogP contribution in [0.3, 0.4) is 0 Å². The van der Waals surface area contributed by atoms with E-state index in [9.17, 15) is 15.3 Å². The van der Waals surface area contributed by atoms with Gasteiger partial charge in [-0.1, -0.05) is 25.4 Å². The summed E-state index contributed by atoms with van der Waals surface area (Å²) in [5.41, 5.74) is 0.268. The van der Waals surface area contributed by atoms with Crippen LogP contribution in [0.2, 0.25) is 5.02 Å². The lowest BCUT2D eigenvalue weighted by Crippen LogP contribution is -2.11. The molecule has 0 amide bonds. The number of aliphatic hydroxyl groups excluding tert-OH is 1. The lowest BCUT2D eigenvalue weighted by atomic mass is 10.2.